The number of amides is 1. The maximum Gasteiger partial charge on any atom is 0.240 e. The SMILES string of the molecule is CCOCCCNS(=O)(=O)c1ccc(NC(=O)CCNS(=O)(=O)c2ccc(F)cc2)cc1. The zero-order chi connectivity index (χ0) is 23.6. The van der Waals surface area contributed by atoms with Crippen molar-refractivity contribution in [1.29, 1.82) is 0 Å². The summed E-state index contributed by atoms with van der Waals surface area (Å²) < 4.78 is 71.5. The molecule has 3 N–H and O–H groups in total. The van der Waals surface area contributed by atoms with Crippen LogP contribution in [0, 0.1) is 5.82 Å². The van der Waals surface area contributed by atoms with Crippen molar-refractivity contribution in [1.82, 2.24) is 9.44 Å². The molecule has 0 radical (unpaired) electrons. The van der Waals surface area contributed by atoms with E-state index in [9.17, 15) is 26.0 Å². The van der Waals surface area contributed by atoms with E-state index in [0.29, 0.717) is 25.3 Å². The van der Waals surface area contributed by atoms with Gasteiger partial charge in [-0.15, -0.1) is 0 Å². The van der Waals surface area contributed by atoms with Crippen LogP contribution in [-0.4, -0.2) is 49.0 Å². The lowest BCUT2D eigenvalue weighted by atomic mass is 10.3. The van der Waals surface area contributed by atoms with Gasteiger partial charge in [0, 0.05) is 38.4 Å². The van der Waals surface area contributed by atoms with Gasteiger partial charge in [0.25, 0.3) is 0 Å². The lowest BCUT2D eigenvalue weighted by molar-refractivity contribution is -0.116. The minimum Gasteiger partial charge on any atom is -0.382 e. The highest BCUT2D eigenvalue weighted by molar-refractivity contribution is 7.89. The molecule has 32 heavy (non-hydrogen) atoms. The van der Waals surface area contributed by atoms with Gasteiger partial charge in [-0.1, -0.05) is 0 Å². The summed E-state index contributed by atoms with van der Waals surface area (Å²) in [4.78, 5) is 12.0. The van der Waals surface area contributed by atoms with Crippen LogP contribution in [0.5, 0.6) is 0 Å². The first-order chi connectivity index (χ1) is 15.1. The molecular weight excluding hydrogens is 461 g/mol. The lowest BCUT2D eigenvalue weighted by Gasteiger charge is -2.09. The van der Waals surface area contributed by atoms with Gasteiger partial charge in [0.1, 0.15) is 5.82 Å². The van der Waals surface area contributed by atoms with Crippen molar-refractivity contribution in [3.05, 3.63) is 54.3 Å². The minimum absolute atomic E-state index is 0.0546. The summed E-state index contributed by atoms with van der Waals surface area (Å²) in [5, 5.41) is 2.57. The van der Waals surface area contributed by atoms with Gasteiger partial charge in [0.2, 0.25) is 26.0 Å². The third-order valence-corrected chi connectivity index (χ3v) is 7.13. The molecule has 9 nitrogen and oxygen atoms in total. The van der Waals surface area contributed by atoms with E-state index in [4.69, 9.17) is 4.74 Å². The Bertz CT molecular complexity index is 1090. The molecule has 2 aromatic rings. The predicted octanol–water partition coefficient (Wildman–Crippen LogP) is 1.84. The molecule has 12 heteroatoms. The lowest BCUT2D eigenvalue weighted by Crippen LogP contribution is -2.28. The minimum atomic E-state index is -3.86. The highest BCUT2D eigenvalue weighted by atomic mass is 32.2. The largest absolute Gasteiger partial charge is 0.382 e. The molecule has 1 amide bonds. The summed E-state index contributed by atoms with van der Waals surface area (Å²) in [6.07, 6.45) is 0.397. The summed E-state index contributed by atoms with van der Waals surface area (Å²) in [6, 6.07) is 9.91. The first-order valence-electron chi connectivity index (χ1n) is 9.86. The monoisotopic (exact) mass is 487 g/mol. The molecule has 0 bridgehead atoms. The maximum atomic E-state index is 12.9. The Balaban J connectivity index is 1.81. The summed E-state index contributed by atoms with van der Waals surface area (Å²) in [5.74, 6) is -1.02. The number of ether oxygens (including phenoxy) is 1. The zero-order valence-electron chi connectivity index (χ0n) is 17.5. The van der Waals surface area contributed by atoms with E-state index in [2.05, 4.69) is 14.8 Å². The van der Waals surface area contributed by atoms with Crippen LogP contribution >= 0.6 is 0 Å². The van der Waals surface area contributed by atoms with Crippen molar-refractivity contribution in [2.75, 3.05) is 31.6 Å². The Labute approximate surface area is 187 Å². The summed E-state index contributed by atoms with van der Waals surface area (Å²) in [7, 11) is -7.53. The van der Waals surface area contributed by atoms with Crippen LogP contribution in [-0.2, 0) is 29.6 Å². The molecule has 0 spiro atoms. The second-order valence-corrected chi connectivity index (χ2v) is 10.2. The number of anilines is 1. The van der Waals surface area contributed by atoms with Crippen LogP contribution in [0.4, 0.5) is 10.1 Å². The molecule has 2 rings (SSSR count). The van der Waals surface area contributed by atoms with Gasteiger partial charge in [-0.2, -0.15) is 0 Å². The molecule has 0 aliphatic rings. The normalized spacial score (nSPS) is 11.9. The van der Waals surface area contributed by atoms with Crippen molar-refractivity contribution in [2.24, 2.45) is 0 Å². The molecule has 0 unspecified atom stereocenters. The van der Waals surface area contributed by atoms with Gasteiger partial charge in [-0.05, 0) is 61.9 Å². The summed E-state index contributed by atoms with van der Waals surface area (Å²) >= 11 is 0. The number of hydrogen-bond acceptors (Lipinski definition) is 6. The van der Waals surface area contributed by atoms with E-state index >= 15 is 0 Å². The molecule has 0 aromatic heterocycles. The van der Waals surface area contributed by atoms with Crippen molar-refractivity contribution >= 4 is 31.6 Å². The predicted molar refractivity (Wildman–Crippen MR) is 118 cm³/mol. The first kappa shape index (κ1) is 25.9. The molecule has 0 heterocycles. The molecule has 0 saturated carbocycles. The van der Waals surface area contributed by atoms with Crippen molar-refractivity contribution in [3.63, 3.8) is 0 Å². The van der Waals surface area contributed by atoms with Crippen molar-refractivity contribution in [2.45, 2.75) is 29.6 Å². The second kappa shape index (κ2) is 12.0. The molecule has 0 fully saturated rings. The Hall–Kier alpha value is -2.38. The molecule has 0 aliphatic heterocycles. The Morgan fingerprint density at radius 2 is 1.41 bits per heavy atom. The number of halogens is 1. The number of sulfonamides is 2. The van der Waals surface area contributed by atoms with Gasteiger partial charge in [0.05, 0.1) is 9.79 Å². The van der Waals surface area contributed by atoms with Gasteiger partial charge in [-0.25, -0.2) is 30.7 Å². The van der Waals surface area contributed by atoms with Gasteiger partial charge in [0.15, 0.2) is 0 Å². The number of carbonyl (C=O) groups is 1. The number of rotatable bonds is 13. The van der Waals surface area contributed by atoms with Crippen LogP contribution < -0.4 is 14.8 Å². The van der Waals surface area contributed by atoms with Crippen LogP contribution in [0.25, 0.3) is 0 Å². The Morgan fingerprint density at radius 1 is 0.875 bits per heavy atom. The zero-order valence-corrected chi connectivity index (χ0v) is 19.1. The standard InChI is InChI=1S/C20H26FN3O6S2/c1-2-30-15-3-13-22-31(26,27)19-10-6-17(7-11-19)24-20(25)12-14-23-32(28,29)18-8-4-16(21)5-9-18/h4-11,22-23H,2-3,12-15H2,1H3,(H,24,25). The summed E-state index contributed by atoms with van der Waals surface area (Å²) in [5.41, 5.74) is 0.367. The molecule has 2 aromatic carbocycles. The first-order valence-corrected chi connectivity index (χ1v) is 12.8. The average molecular weight is 488 g/mol. The van der Waals surface area contributed by atoms with Gasteiger partial charge < -0.3 is 10.1 Å². The Kier molecular flexibility index (Phi) is 9.72. The van der Waals surface area contributed by atoms with E-state index < -0.39 is 31.8 Å². The fourth-order valence-electron chi connectivity index (χ4n) is 2.55. The smallest absolute Gasteiger partial charge is 0.240 e. The van der Waals surface area contributed by atoms with Crippen molar-refractivity contribution in [3.8, 4) is 0 Å². The van der Waals surface area contributed by atoms with E-state index in [1.807, 2.05) is 6.92 Å². The Morgan fingerprint density at radius 3 is 1.97 bits per heavy atom. The van der Waals surface area contributed by atoms with E-state index in [-0.39, 0.29) is 29.3 Å². The van der Waals surface area contributed by atoms with Crippen LogP contribution in [0.3, 0.4) is 0 Å². The molecule has 0 saturated heterocycles. The van der Waals surface area contributed by atoms with Crippen LogP contribution in [0.1, 0.15) is 19.8 Å². The topological polar surface area (TPSA) is 131 Å². The quantitative estimate of drug-likeness (QED) is 0.370. The molecule has 0 atom stereocenters. The number of benzene rings is 2. The molecule has 0 aliphatic carbocycles. The molecule has 176 valence electrons. The number of hydrogen-bond donors (Lipinski definition) is 3. The van der Waals surface area contributed by atoms with Crippen LogP contribution in [0.2, 0.25) is 0 Å². The maximum absolute atomic E-state index is 12.9. The van der Waals surface area contributed by atoms with E-state index in [1.165, 1.54) is 24.3 Å². The fraction of sp³-hybridized carbons (Fsp3) is 0.350. The van der Waals surface area contributed by atoms with Gasteiger partial charge in [-0.3, -0.25) is 4.79 Å². The summed E-state index contributed by atoms with van der Waals surface area (Å²) in [6.45, 7) is 2.97. The highest BCUT2D eigenvalue weighted by Crippen LogP contribution is 2.14. The van der Waals surface area contributed by atoms with Gasteiger partial charge >= 0.3 is 0 Å². The van der Waals surface area contributed by atoms with Crippen LogP contribution in [0.15, 0.2) is 58.3 Å². The van der Waals surface area contributed by atoms with E-state index in [1.54, 1.807) is 0 Å². The number of carbonyl (C=O) groups excluding carboxylic acids is 1. The van der Waals surface area contributed by atoms with E-state index in [0.717, 1.165) is 24.3 Å². The second-order valence-electron chi connectivity index (χ2n) is 6.62. The number of nitrogens with one attached hydrogen (secondary N) is 3. The van der Waals surface area contributed by atoms with Crippen molar-refractivity contribution < 1.29 is 30.8 Å². The third kappa shape index (κ3) is 8.28. The average Bonchev–Trinajstić information content (AvgIpc) is 2.74. The fourth-order valence-corrected chi connectivity index (χ4v) is 4.65. The third-order valence-electron chi connectivity index (χ3n) is 4.18. The highest BCUT2D eigenvalue weighted by Gasteiger charge is 2.15. The molecular formula is C20H26FN3O6S2.